The largest absolute Gasteiger partial charge is 0.377 e. The molecule has 3 N–H and O–H groups in total. The Morgan fingerprint density at radius 1 is 1.26 bits per heavy atom. The van der Waals surface area contributed by atoms with E-state index < -0.39 is 0 Å². The molecule has 19 heavy (non-hydrogen) atoms. The maximum atomic E-state index is 13.1. The molecule has 0 amide bonds. The van der Waals surface area contributed by atoms with E-state index in [0.29, 0.717) is 11.6 Å². The third kappa shape index (κ3) is 3.46. The zero-order valence-electron chi connectivity index (χ0n) is 10.7. The van der Waals surface area contributed by atoms with Gasteiger partial charge in [0.1, 0.15) is 5.82 Å². The zero-order chi connectivity index (χ0) is 13.8. The highest BCUT2D eigenvalue weighted by atomic mass is 35.5. The van der Waals surface area contributed by atoms with Crippen molar-refractivity contribution in [1.29, 1.82) is 0 Å². The van der Waals surface area contributed by atoms with E-state index in [1.165, 1.54) is 12.1 Å². The van der Waals surface area contributed by atoms with E-state index in [9.17, 15) is 4.39 Å². The summed E-state index contributed by atoms with van der Waals surface area (Å²) in [4.78, 5) is 0. The summed E-state index contributed by atoms with van der Waals surface area (Å²) in [5.41, 5.74) is 8.57. The highest BCUT2D eigenvalue weighted by Crippen LogP contribution is 2.24. The van der Waals surface area contributed by atoms with Crippen LogP contribution in [0.1, 0.15) is 17.2 Å². The fraction of sp³-hybridized carbons (Fsp3) is 0.200. The first kappa shape index (κ1) is 13.8. The van der Waals surface area contributed by atoms with Crippen molar-refractivity contribution in [3.63, 3.8) is 0 Å². The summed E-state index contributed by atoms with van der Waals surface area (Å²) in [7, 11) is 0. The van der Waals surface area contributed by atoms with Gasteiger partial charge in [-0.25, -0.2) is 4.39 Å². The molecule has 2 aromatic rings. The first-order valence-corrected chi connectivity index (χ1v) is 6.46. The third-order valence-electron chi connectivity index (χ3n) is 3.01. The van der Waals surface area contributed by atoms with Crippen molar-refractivity contribution in [2.75, 3.05) is 11.9 Å². The van der Waals surface area contributed by atoms with Gasteiger partial charge in [-0.2, -0.15) is 0 Å². The van der Waals surface area contributed by atoms with E-state index in [0.717, 1.165) is 16.8 Å². The van der Waals surface area contributed by atoms with Crippen LogP contribution in [-0.2, 0) is 0 Å². The average molecular weight is 279 g/mol. The number of aryl methyl sites for hydroxylation is 1. The molecule has 0 aliphatic carbocycles. The standard InChI is InChI=1S/C15H16ClFN2/c1-10-7-12(17)5-6-14(10)15(9-18)19-13-4-2-3-11(16)8-13/h2-8,15,19H,9,18H2,1H3. The van der Waals surface area contributed by atoms with Crippen LogP contribution >= 0.6 is 11.6 Å². The van der Waals surface area contributed by atoms with Crippen molar-refractivity contribution in [2.24, 2.45) is 5.73 Å². The lowest BCUT2D eigenvalue weighted by Crippen LogP contribution is -2.21. The fourth-order valence-electron chi connectivity index (χ4n) is 2.07. The third-order valence-corrected chi connectivity index (χ3v) is 3.24. The summed E-state index contributed by atoms with van der Waals surface area (Å²) in [5, 5.41) is 3.98. The summed E-state index contributed by atoms with van der Waals surface area (Å²) in [6, 6.07) is 12.1. The predicted octanol–water partition coefficient (Wildman–Crippen LogP) is 3.90. The molecule has 2 aromatic carbocycles. The van der Waals surface area contributed by atoms with Gasteiger partial charge in [-0.15, -0.1) is 0 Å². The van der Waals surface area contributed by atoms with Crippen molar-refractivity contribution < 1.29 is 4.39 Å². The van der Waals surface area contributed by atoms with E-state index in [-0.39, 0.29) is 11.9 Å². The molecule has 0 heterocycles. The molecular formula is C15H16ClFN2. The minimum Gasteiger partial charge on any atom is -0.377 e. The smallest absolute Gasteiger partial charge is 0.123 e. The number of rotatable bonds is 4. The predicted molar refractivity (Wildman–Crippen MR) is 78.0 cm³/mol. The number of nitrogens with one attached hydrogen (secondary N) is 1. The van der Waals surface area contributed by atoms with E-state index in [1.807, 2.05) is 31.2 Å². The Balaban J connectivity index is 2.25. The topological polar surface area (TPSA) is 38.0 Å². The number of benzene rings is 2. The lowest BCUT2D eigenvalue weighted by molar-refractivity contribution is 0.624. The number of nitrogens with two attached hydrogens (primary N) is 1. The molecule has 2 nitrogen and oxygen atoms in total. The van der Waals surface area contributed by atoms with Crippen molar-refractivity contribution >= 4 is 17.3 Å². The van der Waals surface area contributed by atoms with Crippen molar-refractivity contribution in [2.45, 2.75) is 13.0 Å². The molecule has 2 rings (SSSR count). The first-order chi connectivity index (χ1) is 9.10. The molecule has 1 unspecified atom stereocenters. The Hall–Kier alpha value is -1.58. The number of hydrogen-bond donors (Lipinski definition) is 2. The Morgan fingerprint density at radius 2 is 2.05 bits per heavy atom. The van der Waals surface area contributed by atoms with Crippen LogP contribution in [0.3, 0.4) is 0 Å². The molecule has 0 aliphatic heterocycles. The first-order valence-electron chi connectivity index (χ1n) is 6.08. The van der Waals surface area contributed by atoms with E-state index in [1.54, 1.807) is 6.07 Å². The molecule has 0 fully saturated rings. The van der Waals surface area contributed by atoms with Crippen LogP contribution in [0.5, 0.6) is 0 Å². The van der Waals surface area contributed by atoms with Crippen LogP contribution in [0.15, 0.2) is 42.5 Å². The van der Waals surface area contributed by atoms with Crippen molar-refractivity contribution in [1.82, 2.24) is 0 Å². The second kappa shape index (κ2) is 6.04. The summed E-state index contributed by atoms with van der Waals surface area (Å²) in [5.74, 6) is -0.236. The van der Waals surface area contributed by atoms with Gasteiger partial charge in [0.2, 0.25) is 0 Å². The Bertz CT molecular complexity index is 572. The van der Waals surface area contributed by atoms with Crippen LogP contribution in [-0.4, -0.2) is 6.54 Å². The number of hydrogen-bond acceptors (Lipinski definition) is 2. The zero-order valence-corrected chi connectivity index (χ0v) is 11.4. The van der Waals surface area contributed by atoms with Crippen LogP contribution < -0.4 is 11.1 Å². The van der Waals surface area contributed by atoms with Gasteiger partial charge in [-0.1, -0.05) is 23.7 Å². The molecule has 0 bridgehead atoms. The second-order valence-electron chi connectivity index (χ2n) is 4.44. The molecule has 0 saturated carbocycles. The maximum Gasteiger partial charge on any atom is 0.123 e. The van der Waals surface area contributed by atoms with Crippen LogP contribution in [0.25, 0.3) is 0 Å². The van der Waals surface area contributed by atoms with Gasteiger partial charge in [-0.05, 0) is 48.4 Å². The highest BCUT2D eigenvalue weighted by molar-refractivity contribution is 6.30. The Labute approximate surface area is 117 Å². The molecule has 0 saturated heterocycles. The van der Waals surface area contributed by atoms with Crippen LogP contribution in [0, 0.1) is 12.7 Å². The molecule has 0 aliphatic rings. The molecule has 100 valence electrons. The van der Waals surface area contributed by atoms with Gasteiger partial charge < -0.3 is 11.1 Å². The highest BCUT2D eigenvalue weighted by Gasteiger charge is 2.12. The van der Waals surface area contributed by atoms with Crippen molar-refractivity contribution in [3.05, 3.63) is 64.4 Å². The van der Waals surface area contributed by atoms with E-state index in [4.69, 9.17) is 17.3 Å². The van der Waals surface area contributed by atoms with Gasteiger partial charge in [0.15, 0.2) is 0 Å². The minimum atomic E-state index is -0.236. The summed E-state index contributed by atoms with van der Waals surface area (Å²) < 4.78 is 13.1. The van der Waals surface area contributed by atoms with Crippen LogP contribution in [0.4, 0.5) is 10.1 Å². The van der Waals surface area contributed by atoms with Crippen LogP contribution in [0.2, 0.25) is 5.02 Å². The Kier molecular flexibility index (Phi) is 4.40. The van der Waals surface area contributed by atoms with Gasteiger partial charge in [0.25, 0.3) is 0 Å². The van der Waals surface area contributed by atoms with Gasteiger partial charge >= 0.3 is 0 Å². The quantitative estimate of drug-likeness (QED) is 0.890. The molecule has 0 aromatic heterocycles. The van der Waals surface area contributed by atoms with Gasteiger partial charge in [-0.3, -0.25) is 0 Å². The molecular weight excluding hydrogens is 263 g/mol. The monoisotopic (exact) mass is 278 g/mol. The molecule has 4 heteroatoms. The van der Waals surface area contributed by atoms with E-state index in [2.05, 4.69) is 5.32 Å². The molecule has 0 spiro atoms. The van der Waals surface area contributed by atoms with Gasteiger partial charge in [0.05, 0.1) is 6.04 Å². The minimum absolute atomic E-state index is 0.0703. The lowest BCUT2D eigenvalue weighted by Gasteiger charge is -2.20. The van der Waals surface area contributed by atoms with Crippen molar-refractivity contribution in [3.8, 4) is 0 Å². The summed E-state index contributed by atoms with van der Waals surface area (Å²) in [6.45, 7) is 2.29. The van der Waals surface area contributed by atoms with Gasteiger partial charge in [0, 0.05) is 17.3 Å². The average Bonchev–Trinajstić information content (AvgIpc) is 2.37. The van der Waals surface area contributed by atoms with E-state index >= 15 is 0 Å². The number of halogens is 2. The number of anilines is 1. The summed E-state index contributed by atoms with van der Waals surface area (Å²) >= 11 is 5.95. The SMILES string of the molecule is Cc1cc(F)ccc1C(CN)Nc1cccc(Cl)c1. The molecule has 1 atom stereocenters. The summed E-state index contributed by atoms with van der Waals surface area (Å²) in [6.07, 6.45) is 0. The second-order valence-corrected chi connectivity index (χ2v) is 4.88. The lowest BCUT2D eigenvalue weighted by atomic mass is 10.0. The normalized spacial score (nSPS) is 12.2. The Morgan fingerprint density at radius 3 is 2.68 bits per heavy atom. The maximum absolute atomic E-state index is 13.1. The fourth-order valence-corrected chi connectivity index (χ4v) is 2.26. The molecule has 0 radical (unpaired) electrons.